The van der Waals surface area contributed by atoms with Crippen molar-refractivity contribution in [1.29, 1.82) is 0 Å². The van der Waals surface area contributed by atoms with Gasteiger partial charge in [-0.05, 0) is 6.07 Å². The van der Waals surface area contributed by atoms with Gasteiger partial charge in [-0.25, -0.2) is 5.06 Å². The highest BCUT2D eigenvalue weighted by atomic mass is 35.5. The van der Waals surface area contributed by atoms with Crippen LogP contribution >= 0.6 is 11.6 Å². The van der Waals surface area contributed by atoms with E-state index >= 15 is 0 Å². The number of ether oxygens (including phenoxy) is 1. The molecule has 4 nitrogen and oxygen atoms in total. The van der Waals surface area contributed by atoms with Crippen molar-refractivity contribution in [2.45, 2.75) is 6.54 Å². The Hall–Kier alpha value is -1.26. The van der Waals surface area contributed by atoms with Gasteiger partial charge in [0.1, 0.15) is 11.6 Å². The van der Waals surface area contributed by atoms with E-state index in [1.54, 1.807) is 7.11 Å². The van der Waals surface area contributed by atoms with Gasteiger partial charge in [0, 0.05) is 5.56 Å². The van der Waals surface area contributed by atoms with E-state index in [4.69, 9.17) is 21.2 Å². The van der Waals surface area contributed by atoms with E-state index in [0.29, 0.717) is 12.3 Å². The summed E-state index contributed by atoms with van der Waals surface area (Å²) in [5, 5.41) is 1.20. The van der Waals surface area contributed by atoms with Gasteiger partial charge in [0.05, 0.1) is 20.8 Å². The smallest absolute Gasteiger partial charge is 0.261 e. The maximum Gasteiger partial charge on any atom is 0.261 e. The summed E-state index contributed by atoms with van der Waals surface area (Å²) in [6.45, 7) is 0.312. The molecule has 1 rings (SSSR count). The molecule has 1 amide bonds. The molecule has 88 valence electrons. The lowest BCUT2D eigenvalue weighted by atomic mass is 10.2. The molecule has 0 heterocycles. The Kier molecular flexibility index (Phi) is 5.08. The van der Waals surface area contributed by atoms with Crippen LogP contribution in [0.2, 0.25) is 0 Å². The van der Waals surface area contributed by atoms with Crippen molar-refractivity contribution >= 4 is 17.5 Å². The van der Waals surface area contributed by atoms with Crippen LogP contribution in [0.1, 0.15) is 5.56 Å². The number of halogens is 1. The van der Waals surface area contributed by atoms with Gasteiger partial charge < -0.3 is 4.74 Å². The third-order valence-electron chi connectivity index (χ3n) is 2.12. The number of hydroxylamine groups is 2. The lowest BCUT2D eigenvalue weighted by Crippen LogP contribution is -2.30. The normalized spacial score (nSPS) is 9.94. The molecule has 0 atom stereocenters. The van der Waals surface area contributed by atoms with Crippen molar-refractivity contribution in [3.8, 4) is 5.75 Å². The minimum atomic E-state index is -0.282. The molecular formula is C11H14ClNO3. The largest absolute Gasteiger partial charge is 0.496 e. The molecule has 1 aromatic rings. The van der Waals surface area contributed by atoms with Crippen LogP contribution in [0.4, 0.5) is 0 Å². The van der Waals surface area contributed by atoms with Crippen molar-refractivity contribution in [1.82, 2.24) is 5.06 Å². The predicted molar refractivity (Wildman–Crippen MR) is 61.3 cm³/mol. The fourth-order valence-corrected chi connectivity index (χ4v) is 1.44. The molecule has 0 aliphatic heterocycles. The maximum absolute atomic E-state index is 11.4. The molecule has 0 saturated heterocycles. The Balaban J connectivity index is 2.81. The Morgan fingerprint density at radius 3 is 2.62 bits per heavy atom. The van der Waals surface area contributed by atoms with Gasteiger partial charge in [-0.2, -0.15) is 0 Å². The number of para-hydroxylation sites is 1. The highest BCUT2D eigenvalue weighted by molar-refractivity contribution is 6.27. The van der Waals surface area contributed by atoms with E-state index in [1.807, 2.05) is 24.3 Å². The standard InChI is InChI=1S/C11H14ClNO3/c1-15-10-6-4-3-5-9(10)8-13(16-2)11(14)7-12/h3-6H,7-8H2,1-2H3. The maximum atomic E-state index is 11.4. The summed E-state index contributed by atoms with van der Waals surface area (Å²) in [6.07, 6.45) is 0. The van der Waals surface area contributed by atoms with Crippen molar-refractivity contribution < 1.29 is 14.4 Å². The summed E-state index contributed by atoms with van der Waals surface area (Å²) in [4.78, 5) is 16.3. The summed E-state index contributed by atoms with van der Waals surface area (Å²) in [6, 6.07) is 7.43. The molecule has 0 fully saturated rings. The van der Waals surface area contributed by atoms with Gasteiger partial charge >= 0.3 is 0 Å². The summed E-state index contributed by atoms with van der Waals surface area (Å²) in [5.41, 5.74) is 0.866. The molecule has 0 aromatic heterocycles. The number of carbonyl (C=O) groups excluding carboxylic acids is 1. The van der Waals surface area contributed by atoms with Crippen LogP contribution in [0, 0.1) is 0 Å². The number of hydrogen-bond acceptors (Lipinski definition) is 3. The highest BCUT2D eigenvalue weighted by Crippen LogP contribution is 2.19. The van der Waals surface area contributed by atoms with Gasteiger partial charge in [-0.3, -0.25) is 9.63 Å². The van der Waals surface area contributed by atoms with Crippen LogP contribution in [0.5, 0.6) is 5.75 Å². The first kappa shape index (κ1) is 12.8. The van der Waals surface area contributed by atoms with E-state index < -0.39 is 0 Å². The lowest BCUT2D eigenvalue weighted by Gasteiger charge is -2.19. The van der Waals surface area contributed by atoms with Gasteiger partial charge in [0.25, 0.3) is 5.91 Å². The zero-order valence-electron chi connectivity index (χ0n) is 9.27. The fraction of sp³-hybridized carbons (Fsp3) is 0.364. The Morgan fingerprint density at radius 1 is 1.38 bits per heavy atom. The van der Waals surface area contributed by atoms with Crippen LogP contribution in [0.3, 0.4) is 0 Å². The van der Waals surface area contributed by atoms with Gasteiger partial charge in [0.2, 0.25) is 0 Å². The Labute approximate surface area is 99.7 Å². The zero-order chi connectivity index (χ0) is 12.0. The van der Waals surface area contributed by atoms with E-state index in [1.165, 1.54) is 12.2 Å². The molecule has 0 saturated carbocycles. The van der Waals surface area contributed by atoms with Crippen LogP contribution in [0.25, 0.3) is 0 Å². The molecule has 0 spiro atoms. The third kappa shape index (κ3) is 3.12. The van der Waals surface area contributed by atoms with E-state index in [2.05, 4.69) is 0 Å². The average Bonchev–Trinajstić information content (AvgIpc) is 2.35. The van der Waals surface area contributed by atoms with Crippen LogP contribution in [0.15, 0.2) is 24.3 Å². The molecule has 0 aliphatic rings. The topological polar surface area (TPSA) is 38.8 Å². The van der Waals surface area contributed by atoms with E-state index in [9.17, 15) is 4.79 Å². The monoisotopic (exact) mass is 243 g/mol. The number of alkyl halides is 1. The molecule has 0 unspecified atom stereocenters. The quantitative estimate of drug-likeness (QED) is 0.585. The first-order valence-electron chi connectivity index (χ1n) is 4.75. The first-order valence-corrected chi connectivity index (χ1v) is 5.28. The number of benzene rings is 1. The lowest BCUT2D eigenvalue weighted by molar-refractivity contribution is -0.176. The van der Waals surface area contributed by atoms with Crippen LogP contribution in [-0.2, 0) is 16.2 Å². The van der Waals surface area contributed by atoms with Gasteiger partial charge in [-0.1, -0.05) is 18.2 Å². The van der Waals surface area contributed by atoms with Crippen molar-refractivity contribution in [3.63, 3.8) is 0 Å². The number of amides is 1. The Morgan fingerprint density at radius 2 is 2.06 bits per heavy atom. The molecule has 0 radical (unpaired) electrons. The Bertz CT molecular complexity index is 357. The molecule has 5 heteroatoms. The van der Waals surface area contributed by atoms with Crippen molar-refractivity contribution in [2.75, 3.05) is 20.1 Å². The van der Waals surface area contributed by atoms with Crippen molar-refractivity contribution in [3.05, 3.63) is 29.8 Å². The summed E-state index contributed by atoms with van der Waals surface area (Å²) < 4.78 is 5.18. The number of rotatable bonds is 5. The molecule has 0 N–H and O–H groups in total. The second-order valence-corrected chi connectivity index (χ2v) is 3.33. The second-order valence-electron chi connectivity index (χ2n) is 3.06. The van der Waals surface area contributed by atoms with Crippen molar-refractivity contribution in [2.24, 2.45) is 0 Å². The SMILES string of the molecule is COc1ccccc1CN(OC)C(=O)CCl. The zero-order valence-corrected chi connectivity index (χ0v) is 10.0. The molecule has 0 aliphatic carbocycles. The van der Waals surface area contributed by atoms with Crippen LogP contribution < -0.4 is 4.74 Å². The third-order valence-corrected chi connectivity index (χ3v) is 2.35. The number of methoxy groups -OCH3 is 1. The van der Waals surface area contributed by atoms with Gasteiger partial charge in [-0.15, -0.1) is 11.6 Å². The summed E-state index contributed by atoms with van der Waals surface area (Å²) in [7, 11) is 3.01. The molecular weight excluding hydrogens is 230 g/mol. The minimum absolute atomic E-state index is 0.108. The molecule has 0 bridgehead atoms. The van der Waals surface area contributed by atoms with E-state index in [0.717, 1.165) is 5.56 Å². The molecule has 16 heavy (non-hydrogen) atoms. The minimum Gasteiger partial charge on any atom is -0.496 e. The first-order chi connectivity index (χ1) is 7.72. The van der Waals surface area contributed by atoms with Gasteiger partial charge in [0.15, 0.2) is 0 Å². The highest BCUT2D eigenvalue weighted by Gasteiger charge is 2.14. The number of carbonyl (C=O) groups is 1. The van der Waals surface area contributed by atoms with E-state index in [-0.39, 0.29) is 11.8 Å². The summed E-state index contributed by atoms with van der Waals surface area (Å²) in [5.74, 6) is 0.324. The second kappa shape index (κ2) is 6.35. The predicted octanol–water partition coefficient (Wildman–Crippen LogP) is 1.82. The summed E-state index contributed by atoms with van der Waals surface area (Å²) >= 11 is 5.46. The average molecular weight is 244 g/mol. The fourth-order valence-electron chi connectivity index (χ4n) is 1.31. The number of hydrogen-bond donors (Lipinski definition) is 0. The van der Waals surface area contributed by atoms with Crippen LogP contribution in [-0.4, -0.2) is 31.1 Å². The molecule has 1 aromatic carbocycles. The number of nitrogens with zero attached hydrogens (tertiary/aromatic N) is 1.